The topological polar surface area (TPSA) is 156 Å². The summed E-state index contributed by atoms with van der Waals surface area (Å²) in [7, 11) is 0. The van der Waals surface area contributed by atoms with E-state index in [0.717, 1.165) is 32.1 Å². The average molecular weight is 780 g/mol. The van der Waals surface area contributed by atoms with E-state index in [1.54, 1.807) is 0 Å². The van der Waals surface area contributed by atoms with Gasteiger partial charge in [0, 0.05) is 23.8 Å². The fourth-order valence-corrected chi connectivity index (χ4v) is 6.83. The smallest absolute Gasteiger partial charge is 0.323 e. The van der Waals surface area contributed by atoms with E-state index in [9.17, 15) is 24.6 Å². The van der Waals surface area contributed by atoms with Crippen LogP contribution in [0.4, 0.5) is 0 Å². The van der Waals surface area contributed by atoms with E-state index >= 15 is 0 Å². The number of ether oxygens (including phenoxy) is 2. The molecule has 10 heteroatoms. The number of esters is 2. The molecule has 0 heterocycles. The van der Waals surface area contributed by atoms with Gasteiger partial charge in [0.15, 0.2) is 0 Å². The van der Waals surface area contributed by atoms with Crippen molar-refractivity contribution in [1.29, 1.82) is 0 Å². The Morgan fingerprint density at radius 1 is 0.648 bits per heavy atom. The van der Waals surface area contributed by atoms with Gasteiger partial charge >= 0.3 is 17.9 Å². The van der Waals surface area contributed by atoms with Crippen LogP contribution in [0.1, 0.15) is 168 Å². The zero-order valence-corrected chi connectivity index (χ0v) is 34.7. The monoisotopic (exact) mass is 780 g/mol. The molecular formula is C44H77NO8S. The zero-order chi connectivity index (χ0) is 39.9. The quantitative estimate of drug-likeness (QED) is 0.0206. The van der Waals surface area contributed by atoms with Crippen LogP contribution in [0.25, 0.3) is 0 Å². The summed E-state index contributed by atoms with van der Waals surface area (Å²) >= 11 is 1.27. The van der Waals surface area contributed by atoms with Gasteiger partial charge in [0.05, 0.1) is 6.10 Å². The van der Waals surface area contributed by atoms with Gasteiger partial charge in [-0.25, -0.2) is 0 Å². The summed E-state index contributed by atoms with van der Waals surface area (Å²) in [5.74, 6) is -1.87. The Kier molecular flexibility index (Phi) is 37.1. The second-order valence-electron chi connectivity index (χ2n) is 14.3. The van der Waals surface area contributed by atoms with Gasteiger partial charge in [-0.3, -0.25) is 14.4 Å². The first-order chi connectivity index (χ1) is 26.2. The molecule has 0 aromatic carbocycles. The number of carbonyl (C=O) groups is 3. The molecule has 0 rings (SSSR count). The molecule has 0 saturated heterocycles. The predicted octanol–water partition coefficient (Wildman–Crippen LogP) is 9.94. The van der Waals surface area contributed by atoms with Crippen molar-refractivity contribution in [3.05, 3.63) is 48.6 Å². The highest BCUT2D eigenvalue weighted by atomic mass is 32.2. The number of carboxylic acids is 1. The largest absolute Gasteiger partial charge is 0.481 e. The van der Waals surface area contributed by atoms with Gasteiger partial charge in [0.2, 0.25) is 0 Å². The third kappa shape index (κ3) is 35.3. The Morgan fingerprint density at radius 3 is 1.81 bits per heavy atom. The summed E-state index contributed by atoms with van der Waals surface area (Å²) in [5, 5.41) is 29.5. The number of aliphatic carboxylic acids is 1. The maximum atomic E-state index is 12.5. The Morgan fingerprint density at radius 2 is 1.20 bits per heavy atom. The van der Waals surface area contributed by atoms with Gasteiger partial charge in [0.1, 0.15) is 25.4 Å². The van der Waals surface area contributed by atoms with Crippen LogP contribution < -0.4 is 5.73 Å². The summed E-state index contributed by atoms with van der Waals surface area (Å²) in [6.45, 7) is 3.84. The Hall–Kier alpha value is -2.40. The lowest BCUT2D eigenvalue weighted by molar-refractivity contribution is -0.153. The van der Waals surface area contributed by atoms with Crippen molar-refractivity contribution in [3.8, 4) is 0 Å². The van der Waals surface area contributed by atoms with Gasteiger partial charge in [-0.15, -0.1) is 11.8 Å². The van der Waals surface area contributed by atoms with Crippen molar-refractivity contribution in [2.75, 3.05) is 19.0 Å². The number of carboxylic acid groups (broad SMARTS) is 1. The standard InChI is InChI=1S/C44H77NO8S/c1-3-5-7-9-11-13-15-17-18-19-21-23-25-27-29-34-43(50)52-35-38(46)36-53-44(51)39(45)37-54-41(40(47)31-30-33-42(48)49)32-28-26-24-22-20-16-14-12-10-8-6-4-2/h12,14,20,22,24,26,28,32,38-41,46-47H,3-11,13,15-19,21,23,25,27,29-31,33-37,45H2,1-2H3,(H,48,49)/b14-12-,22-20-,26-24+,32-28+/t38-,39-,40-,41+/m0/s1. The van der Waals surface area contributed by atoms with Gasteiger partial charge in [0.25, 0.3) is 0 Å². The molecule has 0 spiro atoms. The number of hydrogen-bond acceptors (Lipinski definition) is 9. The Labute approximate surface area is 332 Å². The SMILES string of the molecule is CCCCC/C=C\C\C=C/C=C/C=C/[C@@H](SC[C@H](N)C(=O)OC[C@@H](O)COC(=O)CCCCCCCCCCCCCCCCC)[C@@H](O)CCCC(=O)O. The van der Waals surface area contributed by atoms with Crippen LogP contribution >= 0.6 is 11.8 Å². The third-order valence-corrected chi connectivity index (χ3v) is 10.5. The molecule has 4 atom stereocenters. The maximum absolute atomic E-state index is 12.5. The lowest BCUT2D eigenvalue weighted by Crippen LogP contribution is -2.38. The minimum Gasteiger partial charge on any atom is -0.481 e. The van der Waals surface area contributed by atoms with E-state index < -0.39 is 35.4 Å². The highest BCUT2D eigenvalue weighted by Crippen LogP contribution is 2.22. The molecule has 312 valence electrons. The van der Waals surface area contributed by atoms with Crippen LogP contribution in [-0.2, 0) is 23.9 Å². The van der Waals surface area contributed by atoms with Crippen molar-refractivity contribution in [2.24, 2.45) is 5.73 Å². The summed E-state index contributed by atoms with van der Waals surface area (Å²) in [6, 6.07) is -1.01. The summed E-state index contributed by atoms with van der Waals surface area (Å²) < 4.78 is 10.3. The molecular weight excluding hydrogens is 703 g/mol. The lowest BCUT2D eigenvalue weighted by Gasteiger charge is -2.21. The fourth-order valence-electron chi connectivity index (χ4n) is 5.70. The molecule has 0 fully saturated rings. The van der Waals surface area contributed by atoms with Crippen molar-refractivity contribution in [1.82, 2.24) is 0 Å². The van der Waals surface area contributed by atoms with E-state index in [0.29, 0.717) is 12.8 Å². The third-order valence-electron chi connectivity index (χ3n) is 9.06. The Bertz CT molecular complexity index is 1030. The van der Waals surface area contributed by atoms with Crippen LogP contribution in [-0.4, -0.2) is 75.7 Å². The molecule has 0 aromatic heterocycles. The minimum absolute atomic E-state index is 0.0428. The highest BCUT2D eigenvalue weighted by Gasteiger charge is 2.23. The number of unbranched alkanes of at least 4 members (excludes halogenated alkanes) is 17. The van der Waals surface area contributed by atoms with E-state index in [1.807, 2.05) is 30.4 Å². The summed E-state index contributed by atoms with van der Waals surface area (Å²) in [5.41, 5.74) is 6.06. The fraction of sp³-hybridized carbons (Fsp3) is 0.750. The number of thioether (sulfide) groups is 1. The Balaban J connectivity index is 4.31. The number of nitrogens with two attached hydrogens (primary N) is 1. The number of rotatable bonds is 38. The maximum Gasteiger partial charge on any atom is 0.323 e. The van der Waals surface area contributed by atoms with Crippen LogP contribution in [0.2, 0.25) is 0 Å². The molecule has 0 saturated carbocycles. The molecule has 0 aliphatic heterocycles. The van der Waals surface area contributed by atoms with Crippen molar-refractivity contribution < 1.29 is 39.2 Å². The molecule has 0 bridgehead atoms. The first-order valence-corrected chi connectivity index (χ1v) is 22.2. The molecule has 5 N–H and O–H groups in total. The van der Waals surface area contributed by atoms with E-state index in [-0.39, 0.29) is 37.8 Å². The molecule has 0 radical (unpaired) electrons. The molecule has 54 heavy (non-hydrogen) atoms. The van der Waals surface area contributed by atoms with Crippen molar-refractivity contribution >= 4 is 29.7 Å². The van der Waals surface area contributed by atoms with Gasteiger partial charge in [-0.2, -0.15) is 0 Å². The van der Waals surface area contributed by atoms with Crippen LogP contribution in [0.5, 0.6) is 0 Å². The van der Waals surface area contributed by atoms with Gasteiger partial charge < -0.3 is 30.5 Å². The molecule has 0 amide bonds. The second-order valence-corrected chi connectivity index (χ2v) is 15.5. The first-order valence-electron chi connectivity index (χ1n) is 21.1. The molecule has 0 aliphatic carbocycles. The normalized spacial score (nSPS) is 14.3. The minimum atomic E-state index is -1.16. The molecule has 0 unspecified atom stereocenters. The van der Waals surface area contributed by atoms with Gasteiger partial charge in [-0.05, 0) is 38.5 Å². The molecule has 9 nitrogen and oxygen atoms in total. The average Bonchev–Trinajstić information content (AvgIpc) is 3.15. The number of allylic oxidation sites excluding steroid dienone is 7. The zero-order valence-electron chi connectivity index (χ0n) is 33.9. The summed E-state index contributed by atoms with van der Waals surface area (Å²) in [4.78, 5) is 35.5. The van der Waals surface area contributed by atoms with E-state index in [4.69, 9.17) is 20.3 Å². The highest BCUT2D eigenvalue weighted by molar-refractivity contribution is 8.00. The van der Waals surface area contributed by atoms with Crippen molar-refractivity contribution in [2.45, 2.75) is 191 Å². The molecule has 0 aromatic rings. The van der Waals surface area contributed by atoms with Crippen LogP contribution in [0, 0.1) is 0 Å². The van der Waals surface area contributed by atoms with E-state index in [1.165, 1.54) is 108 Å². The second kappa shape index (κ2) is 38.9. The van der Waals surface area contributed by atoms with Gasteiger partial charge in [-0.1, -0.05) is 165 Å². The first kappa shape index (κ1) is 51.6. The predicted molar refractivity (Wildman–Crippen MR) is 225 cm³/mol. The van der Waals surface area contributed by atoms with Crippen LogP contribution in [0.3, 0.4) is 0 Å². The number of hydrogen-bond donors (Lipinski definition) is 4. The number of aliphatic hydroxyl groups excluding tert-OH is 2. The van der Waals surface area contributed by atoms with Crippen LogP contribution in [0.15, 0.2) is 48.6 Å². The summed E-state index contributed by atoms with van der Waals surface area (Å²) in [6.07, 6.45) is 39.0. The number of aliphatic hydroxyl groups is 2. The molecule has 0 aliphatic rings. The lowest BCUT2D eigenvalue weighted by atomic mass is 10.0. The number of carbonyl (C=O) groups excluding carboxylic acids is 2. The van der Waals surface area contributed by atoms with Crippen molar-refractivity contribution in [3.63, 3.8) is 0 Å². The van der Waals surface area contributed by atoms with E-state index in [2.05, 4.69) is 32.1 Å².